The minimum Gasteiger partial charge on any atom is -0.481 e. The second kappa shape index (κ2) is 7.38. The molecule has 0 aromatic heterocycles. The normalized spacial score (nSPS) is 49.3. The molecule has 3 saturated carbocycles. The van der Waals surface area contributed by atoms with E-state index < -0.39 is 36.1 Å². The molecule has 31 heavy (non-hydrogen) atoms. The number of methoxy groups -OCH3 is 1. The third kappa shape index (κ3) is 2.80. The minimum absolute atomic E-state index is 0.179. The van der Waals surface area contributed by atoms with Crippen LogP contribution in [0.2, 0.25) is 0 Å². The zero-order valence-corrected chi connectivity index (χ0v) is 18.2. The van der Waals surface area contributed by atoms with Crippen LogP contribution in [0.25, 0.3) is 0 Å². The summed E-state index contributed by atoms with van der Waals surface area (Å²) in [7, 11) is 3.95. The van der Waals surface area contributed by atoms with Crippen molar-refractivity contribution in [3.63, 3.8) is 0 Å². The molecule has 4 N–H and O–H groups in total. The number of likely N-dealkylation sites (N-methyl/N-ethyl adjacent to an activating group) is 1. The van der Waals surface area contributed by atoms with Crippen LogP contribution in [0.4, 0.5) is 0 Å². The van der Waals surface area contributed by atoms with Crippen molar-refractivity contribution in [2.45, 2.75) is 87.0 Å². The smallest absolute Gasteiger partial charge is 0.321 e. The molecule has 10 atom stereocenters. The zero-order chi connectivity index (χ0) is 22.1. The fraction of sp³-hybridized carbons (Fsp3) is 0.909. The van der Waals surface area contributed by atoms with E-state index in [-0.39, 0.29) is 35.6 Å². The fourth-order valence-corrected chi connectivity index (χ4v) is 8.38. The molecule has 2 bridgehead atoms. The number of aliphatic carboxylic acids is 2. The molecule has 0 aromatic rings. The Morgan fingerprint density at radius 3 is 2.71 bits per heavy atom. The summed E-state index contributed by atoms with van der Waals surface area (Å²) in [6.07, 6.45) is 3.43. The number of nitrogens with one attached hydrogen (secondary N) is 1. The highest BCUT2D eigenvalue weighted by Gasteiger charge is 2.78. The van der Waals surface area contributed by atoms with Crippen molar-refractivity contribution in [3.05, 3.63) is 0 Å². The van der Waals surface area contributed by atoms with E-state index in [1.807, 2.05) is 0 Å². The monoisotopic (exact) mass is 438 g/mol. The number of carboxylic acids is 2. The first kappa shape index (κ1) is 21.6. The molecule has 2 heterocycles. The maximum absolute atomic E-state index is 11.8. The van der Waals surface area contributed by atoms with Gasteiger partial charge in [0.15, 0.2) is 0 Å². The van der Waals surface area contributed by atoms with E-state index in [1.165, 1.54) is 0 Å². The Kier molecular flexibility index (Phi) is 5.14. The summed E-state index contributed by atoms with van der Waals surface area (Å²) in [5.74, 6) is -1.68. The van der Waals surface area contributed by atoms with Crippen molar-refractivity contribution in [1.82, 2.24) is 10.2 Å². The number of piperidine rings is 1. The molecular formula is C22H34N2O7. The highest BCUT2D eigenvalue weighted by Crippen LogP contribution is 2.70. The molecule has 3 aliphatic carbocycles. The lowest BCUT2D eigenvalue weighted by Gasteiger charge is -2.69. The van der Waals surface area contributed by atoms with Crippen LogP contribution in [0.1, 0.15) is 44.9 Å². The number of ether oxygens (including phenoxy) is 2. The lowest BCUT2D eigenvalue weighted by atomic mass is 9.42. The Balaban J connectivity index is 1.56. The Morgan fingerprint density at radius 1 is 1.26 bits per heavy atom. The second-order valence-electron chi connectivity index (χ2n) is 10.4. The van der Waals surface area contributed by atoms with Crippen LogP contribution < -0.4 is 5.32 Å². The van der Waals surface area contributed by atoms with Crippen LogP contribution in [-0.2, 0) is 19.1 Å². The number of hydrogen-bond donors (Lipinski definition) is 4. The standard InChI is InChI=1S/C22H34N2O7/c1-24-8-7-21-17-11-3-4-14(25)18(17)31-19(21)12(23-13(20(28)29)10-16(26)27)5-6-22(21,30-2)15(24)9-11/h11-15,17-19,23,25H,3-10H2,1-2H3,(H,26,27)(H,28,29)/t11?,12-,13+,14?,15?,17?,18?,19+,21+,22-/m1/s1. The Bertz CT molecular complexity index is 764. The number of carboxylic acid groups (broad SMARTS) is 2. The van der Waals surface area contributed by atoms with Crippen molar-refractivity contribution < 1.29 is 34.4 Å². The molecule has 5 aliphatic rings. The molecule has 174 valence electrons. The van der Waals surface area contributed by atoms with Gasteiger partial charge >= 0.3 is 11.9 Å². The van der Waals surface area contributed by atoms with Crippen LogP contribution in [-0.4, -0.2) is 94.9 Å². The summed E-state index contributed by atoms with van der Waals surface area (Å²) in [5.41, 5.74) is -0.711. The van der Waals surface area contributed by atoms with Gasteiger partial charge in [0, 0.05) is 30.5 Å². The predicted molar refractivity (Wildman–Crippen MR) is 109 cm³/mol. The molecule has 9 nitrogen and oxygen atoms in total. The quantitative estimate of drug-likeness (QED) is 0.463. The van der Waals surface area contributed by atoms with Crippen LogP contribution in [0, 0.1) is 17.3 Å². The lowest BCUT2D eigenvalue weighted by Crippen LogP contribution is -2.78. The Morgan fingerprint density at radius 2 is 2.03 bits per heavy atom. The zero-order valence-electron chi connectivity index (χ0n) is 18.2. The highest BCUT2D eigenvalue weighted by atomic mass is 16.5. The number of carbonyl (C=O) groups is 2. The predicted octanol–water partition coefficient (Wildman–Crippen LogP) is 0.300. The van der Waals surface area contributed by atoms with Gasteiger partial charge in [0.2, 0.25) is 0 Å². The van der Waals surface area contributed by atoms with Crippen molar-refractivity contribution in [3.8, 4) is 0 Å². The minimum atomic E-state index is -1.17. The van der Waals surface area contributed by atoms with Crippen molar-refractivity contribution in [2.75, 3.05) is 20.7 Å². The maximum Gasteiger partial charge on any atom is 0.321 e. The van der Waals surface area contributed by atoms with E-state index in [0.717, 1.165) is 38.6 Å². The average molecular weight is 439 g/mol. The molecule has 0 radical (unpaired) electrons. The molecule has 0 amide bonds. The van der Waals surface area contributed by atoms with Gasteiger partial charge in [-0.05, 0) is 58.0 Å². The topological polar surface area (TPSA) is 129 Å². The van der Waals surface area contributed by atoms with E-state index in [9.17, 15) is 24.9 Å². The van der Waals surface area contributed by atoms with E-state index >= 15 is 0 Å². The van der Waals surface area contributed by atoms with E-state index in [4.69, 9.17) is 9.47 Å². The summed E-state index contributed by atoms with van der Waals surface area (Å²) in [5, 5.41) is 32.8. The van der Waals surface area contributed by atoms with E-state index in [1.54, 1.807) is 7.11 Å². The number of rotatable bonds is 6. The van der Waals surface area contributed by atoms with Gasteiger partial charge in [0.1, 0.15) is 6.04 Å². The molecule has 5 fully saturated rings. The van der Waals surface area contributed by atoms with Crippen LogP contribution in [0.5, 0.6) is 0 Å². The van der Waals surface area contributed by atoms with E-state index in [0.29, 0.717) is 12.3 Å². The van der Waals surface area contributed by atoms with Crippen molar-refractivity contribution >= 4 is 11.9 Å². The van der Waals surface area contributed by atoms with Gasteiger partial charge in [-0.3, -0.25) is 14.9 Å². The first-order valence-electron chi connectivity index (χ1n) is 11.5. The largest absolute Gasteiger partial charge is 0.481 e. The second-order valence-corrected chi connectivity index (χ2v) is 10.4. The third-order valence-electron chi connectivity index (χ3n) is 9.39. The molecule has 9 heteroatoms. The van der Waals surface area contributed by atoms with Gasteiger partial charge < -0.3 is 29.7 Å². The molecule has 2 aliphatic heterocycles. The van der Waals surface area contributed by atoms with Crippen molar-refractivity contribution in [2.24, 2.45) is 17.3 Å². The third-order valence-corrected chi connectivity index (χ3v) is 9.39. The lowest BCUT2D eigenvalue weighted by molar-refractivity contribution is -0.269. The molecule has 0 aromatic carbocycles. The van der Waals surface area contributed by atoms with Crippen LogP contribution in [0.3, 0.4) is 0 Å². The Hall–Kier alpha value is -1.26. The summed E-state index contributed by atoms with van der Waals surface area (Å²) in [6, 6.07) is -1.20. The SMILES string of the molecule is CO[C@]12CC[C@@H](N[C@@H](CC(=O)O)C(=O)O)[C@@H]3OC4C(O)CCC5CC1N(C)CC[C@]32C54. The van der Waals surface area contributed by atoms with Gasteiger partial charge in [-0.25, -0.2) is 0 Å². The first-order valence-corrected chi connectivity index (χ1v) is 11.5. The average Bonchev–Trinajstić information content (AvgIpc) is 3.08. The van der Waals surface area contributed by atoms with Crippen LogP contribution in [0.15, 0.2) is 0 Å². The Labute approximate surface area is 182 Å². The van der Waals surface area contributed by atoms with E-state index in [2.05, 4.69) is 17.3 Å². The van der Waals surface area contributed by atoms with Gasteiger partial charge in [-0.1, -0.05) is 0 Å². The summed E-state index contributed by atoms with van der Waals surface area (Å²) < 4.78 is 13.1. The van der Waals surface area contributed by atoms with Crippen LogP contribution >= 0.6 is 0 Å². The summed E-state index contributed by atoms with van der Waals surface area (Å²) >= 11 is 0. The number of nitrogens with zero attached hydrogens (tertiary/aromatic N) is 1. The molecule has 5 rings (SSSR count). The van der Waals surface area contributed by atoms with Crippen molar-refractivity contribution in [1.29, 1.82) is 0 Å². The first-order chi connectivity index (χ1) is 14.7. The maximum atomic E-state index is 11.8. The van der Waals surface area contributed by atoms with Gasteiger partial charge in [0.25, 0.3) is 0 Å². The van der Waals surface area contributed by atoms with Gasteiger partial charge in [-0.15, -0.1) is 0 Å². The molecule has 2 saturated heterocycles. The highest BCUT2D eigenvalue weighted by molar-refractivity contribution is 5.80. The molecule has 5 unspecified atom stereocenters. The van der Waals surface area contributed by atoms with Gasteiger partial charge in [-0.2, -0.15) is 0 Å². The number of aliphatic hydroxyl groups excluding tert-OH is 1. The number of hydrogen-bond acceptors (Lipinski definition) is 7. The number of likely N-dealkylation sites (tertiary alicyclic amines) is 1. The summed E-state index contributed by atoms with van der Waals surface area (Å²) in [6.45, 7) is 0.909. The summed E-state index contributed by atoms with van der Waals surface area (Å²) in [4.78, 5) is 25.4. The molecular weight excluding hydrogens is 404 g/mol. The fourth-order valence-electron chi connectivity index (χ4n) is 8.38. The molecule has 1 spiro atoms. The van der Waals surface area contributed by atoms with Gasteiger partial charge in [0.05, 0.1) is 30.3 Å². The number of aliphatic hydroxyl groups is 1.